The number of carbonyl (C=O) groups is 3. The number of aliphatic carboxylic acids is 2. The van der Waals surface area contributed by atoms with Crippen LogP contribution in [0.4, 0.5) is 0 Å². The van der Waals surface area contributed by atoms with Gasteiger partial charge in [0.05, 0.1) is 25.5 Å². The largest absolute Gasteiger partial charge is 0.496 e. The fourth-order valence-electron chi connectivity index (χ4n) is 3.75. The Labute approximate surface area is 178 Å². The van der Waals surface area contributed by atoms with E-state index in [9.17, 15) is 19.5 Å². The predicted molar refractivity (Wildman–Crippen MR) is 111 cm³/mol. The lowest BCUT2D eigenvalue weighted by Gasteiger charge is -2.18. The summed E-state index contributed by atoms with van der Waals surface area (Å²) in [6.07, 6.45) is -0.217. The predicted octanol–water partition coefficient (Wildman–Crippen LogP) is 3.70. The van der Waals surface area contributed by atoms with Gasteiger partial charge in [-0.15, -0.1) is 0 Å². The molecular weight excluding hydrogens is 410 g/mol. The first-order valence-electron chi connectivity index (χ1n) is 9.42. The third-order valence-corrected chi connectivity index (χ3v) is 5.52. The summed E-state index contributed by atoms with van der Waals surface area (Å²) in [5.74, 6) is -2.02. The minimum absolute atomic E-state index is 0.155. The SMILES string of the molecule is COc1ccc(Cl)cc1-c1ccc([C@@H]2CC2(CC(=O)O)NC(=O)CCC(=O)O)cc1. The molecular formula is C22H22ClNO6. The van der Waals surface area contributed by atoms with Crippen LogP contribution in [0.1, 0.15) is 37.2 Å². The average Bonchev–Trinajstić information content (AvgIpc) is 3.38. The zero-order valence-corrected chi connectivity index (χ0v) is 17.1. The summed E-state index contributed by atoms with van der Waals surface area (Å²) < 4.78 is 5.39. The molecule has 0 bridgehead atoms. The molecule has 1 amide bonds. The number of ether oxygens (including phenoxy) is 1. The number of rotatable bonds is 9. The van der Waals surface area contributed by atoms with Gasteiger partial charge in [0.1, 0.15) is 5.75 Å². The molecule has 1 aliphatic carbocycles. The van der Waals surface area contributed by atoms with E-state index < -0.39 is 23.4 Å². The Kier molecular flexibility index (Phi) is 6.31. The topological polar surface area (TPSA) is 113 Å². The van der Waals surface area contributed by atoms with Gasteiger partial charge in [0.15, 0.2) is 0 Å². The minimum atomic E-state index is -1.07. The summed E-state index contributed by atoms with van der Waals surface area (Å²) in [5.41, 5.74) is 1.75. The summed E-state index contributed by atoms with van der Waals surface area (Å²) in [7, 11) is 1.58. The van der Waals surface area contributed by atoms with E-state index in [0.717, 1.165) is 16.7 Å². The van der Waals surface area contributed by atoms with Crippen molar-refractivity contribution in [1.82, 2.24) is 5.32 Å². The maximum atomic E-state index is 12.1. The number of halogens is 1. The third-order valence-electron chi connectivity index (χ3n) is 5.28. The van der Waals surface area contributed by atoms with Gasteiger partial charge in [-0.3, -0.25) is 14.4 Å². The number of methoxy groups -OCH3 is 1. The smallest absolute Gasteiger partial charge is 0.305 e. The molecule has 1 fully saturated rings. The zero-order valence-electron chi connectivity index (χ0n) is 16.4. The molecule has 0 spiro atoms. The lowest BCUT2D eigenvalue weighted by molar-refractivity contribution is -0.140. The first kappa shape index (κ1) is 21.6. The van der Waals surface area contributed by atoms with Crippen LogP contribution in [0.2, 0.25) is 5.02 Å². The molecule has 2 aromatic carbocycles. The molecule has 3 rings (SSSR count). The standard InChI is InChI=1S/C22H22ClNO6/c1-30-18-7-6-15(23)10-16(18)13-2-4-14(5-3-13)17-11-22(17,12-21(28)29)24-19(25)8-9-20(26)27/h2-7,10,17H,8-9,11-12H2,1H3,(H,24,25)(H,26,27)(H,28,29)/t17-,22?/m0/s1. The maximum Gasteiger partial charge on any atom is 0.305 e. The molecule has 30 heavy (non-hydrogen) atoms. The fraction of sp³-hybridized carbons (Fsp3) is 0.318. The van der Waals surface area contributed by atoms with Crippen LogP contribution in [0, 0.1) is 0 Å². The highest BCUT2D eigenvalue weighted by Crippen LogP contribution is 2.54. The van der Waals surface area contributed by atoms with Crippen molar-refractivity contribution in [1.29, 1.82) is 0 Å². The first-order chi connectivity index (χ1) is 14.2. The van der Waals surface area contributed by atoms with Crippen LogP contribution in [0.25, 0.3) is 11.1 Å². The van der Waals surface area contributed by atoms with Crippen molar-refractivity contribution in [2.75, 3.05) is 7.11 Å². The van der Waals surface area contributed by atoms with Crippen LogP contribution < -0.4 is 10.1 Å². The van der Waals surface area contributed by atoms with Crippen LogP contribution in [0.3, 0.4) is 0 Å². The second-order valence-corrected chi connectivity index (χ2v) is 7.83. The van der Waals surface area contributed by atoms with Crippen molar-refractivity contribution < 1.29 is 29.3 Å². The van der Waals surface area contributed by atoms with E-state index in [4.69, 9.17) is 21.4 Å². The quantitative estimate of drug-likeness (QED) is 0.558. The molecule has 7 nitrogen and oxygen atoms in total. The Morgan fingerprint density at radius 1 is 1.10 bits per heavy atom. The molecule has 8 heteroatoms. The second-order valence-electron chi connectivity index (χ2n) is 7.39. The van der Waals surface area contributed by atoms with Gasteiger partial charge in [0.25, 0.3) is 0 Å². The van der Waals surface area contributed by atoms with E-state index in [1.165, 1.54) is 0 Å². The molecule has 2 aromatic rings. The monoisotopic (exact) mass is 431 g/mol. The van der Waals surface area contributed by atoms with E-state index in [-0.39, 0.29) is 25.2 Å². The van der Waals surface area contributed by atoms with E-state index in [1.54, 1.807) is 19.2 Å². The summed E-state index contributed by atoms with van der Waals surface area (Å²) in [4.78, 5) is 34.1. The van der Waals surface area contributed by atoms with Gasteiger partial charge in [-0.1, -0.05) is 35.9 Å². The lowest BCUT2D eigenvalue weighted by atomic mass is 9.98. The van der Waals surface area contributed by atoms with E-state index in [2.05, 4.69) is 5.32 Å². The van der Waals surface area contributed by atoms with Crippen LogP contribution in [0.5, 0.6) is 5.75 Å². The Morgan fingerprint density at radius 2 is 1.80 bits per heavy atom. The van der Waals surface area contributed by atoms with Gasteiger partial charge in [0.2, 0.25) is 5.91 Å². The normalized spacial score (nSPS) is 19.7. The number of hydrogen-bond donors (Lipinski definition) is 3. The van der Waals surface area contributed by atoms with Crippen molar-refractivity contribution in [3.05, 3.63) is 53.1 Å². The molecule has 0 aromatic heterocycles. The first-order valence-corrected chi connectivity index (χ1v) is 9.80. The number of carbonyl (C=O) groups excluding carboxylic acids is 1. The van der Waals surface area contributed by atoms with Crippen molar-refractivity contribution in [3.8, 4) is 16.9 Å². The molecule has 158 valence electrons. The Bertz CT molecular complexity index is 974. The highest BCUT2D eigenvalue weighted by molar-refractivity contribution is 6.31. The van der Waals surface area contributed by atoms with E-state index in [1.807, 2.05) is 30.3 Å². The number of carboxylic acid groups (broad SMARTS) is 2. The molecule has 0 aliphatic heterocycles. The van der Waals surface area contributed by atoms with Gasteiger partial charge in [-0.25, -0.2) is 0 Å². The van der Waals surface area contributed by atoms with Gasteiger partial charge in [-0.05, 0) is 35.7 Å². The van der Waals surface area contributed by atoms with Gasteiger partial charge < -0.3 is 20.3 Å². The number of hydrogen-bond acceptors (Lipinski definition) is 4. The lowest BCUT2D eigenvalue weighted by Crippen LogP contribution is -2.40. The van der Waals surface area contributed by atoms with Crippen molar-refractivity contribution in [2.45, 2.75) is 37.1 Å². The molecule has 0 heterocycles. The molecule has 2 atom stereocenters. The van der Waals surface area contributed by atoms with Gasteiger partial charge >= 0.3 is 11.9 Å². The number of amides is 1. The van der Waals surface area contributed by atoms with Crippen LogP contribution in [-0.2, 0) is 14.4 Å². The average molecular weight is 432 g/mol. The molecule has 1 saturated carbocycles. The Morgan fingerprint density at radius 3 is 2.40 bits per heavy atom. The number of nitrogens with one attached hydrogen (secondary N) is 1. The number of benzene rings is 2. The molecule has 0 radical (unpaired) electrons. The molecule has 0 saturated heterocycles. The Balaban J connectivity index is 1.78. The van der Waals surface area contributed by atoms with E-state index in [0.29, 0.717) is 17.2 Å². The van der Waals surface area contributed by atoms with Crippen LogP contribution >= 0.6 is 11.6 Å². The fourth-order valence-corrected chi connectivity index (χ4v) is 3.92. The Hall–Kier alpha value is -3.06. The van der Waals surface area contributed by atoms with E-state index >= 15 is 0 Å². The summed E-state index contributed by atoms with van der Waals surface area (Å²) >= 11 is 6.11. The maximum absolute atomic E-state index is 12.1. The molecule has 3 N–H and O–H groups in total. The summed E-state index contributed by atoms with van der Waals surface area (Å²) in [5, 5.41) is 21.4. The van der Waals surface area contributed by atoms with Crippen LogP contribution in [-0.4, -0.2) is 40.7 Å². The van der Waals surface area contributed by atoms with Crippen molar-refractivity contribution in [3.63, 3.8) is 0 Å². The molecule has 1 aliphatic rings. The van der Waals surface area contributed by atoms with Crippen molar-refractivity contribution >= 4 is 29.4 Å². The second kappa shape index (κ2) is 8.75. The van der Waals surface area contributed by atoms with Gasteiger partial charge in [0, 0.05) is 22.9 Å². The highest BCUT2D eigenvalue weighted by Gasteiger charge is 2.57. The van der Waals surface area contributed by atoms with Crippen LogP contribution in [0.15, 0.2) is 42.5 Å². The summed E-state index contributed by atoms with van der Waals surface area (Å²) in [6.45, 7) is 0. The highest BCUT2D eigenvalue weighted by atomic mass is 35.5. The summed E-state index contributed by atoms with van der Waals surface area (Å²) in [6, 6.07) is 12.9. The third kappa shape index (κ3) is 4.91. The molecule has 1 unspecified atom stereocenters. The number of carboxylic acids is 2. The zero-order chi connectivity index (χ0) is 21.9. The van der Waals surface area contributed by atoms with Gasteiger partial charge in [-0.2, -0.15) is 0 Å². The van der Waals surface area contributed by atoms with Crippen molar-refractivity contribution in [2.24, 2.45) is 0 Å². The minimum Gasteiger partial charge on any atom is -0.496 e.